The number of hydrogen-bond acceptors (Lipinski definition) is 4. The van der Waals surface area contributed by atoms with E-state index in [1.54, 1.807) is 0 Å². The summed E-state index contributed by atoms with van der Waals surface area (Å²) in [6.45, 7) is -0.174. The van der Waals surface area contributed by atoms with Gasteiger partial charge < -0.3 is 15.7 Å². The molecule has 3 N–H and O–H groups in total. The molecule has 0 spiro atoms. The van der Waals surface area contributed by atoms with Crippen LogP contribution in [0.4, 0.5) is 4.79 Å². The fraction of sp³-hybridized carbons (Fsp3) is 0.750. The number of imide groups is 1. The van der Waals surface area contributed by atoms with Crippen LogP contribution in [-0.2, 0) is 9.59 Å². The molecule has 0 aromatic heterocycles. The smallest absolute Gasteiger partial charge is 0.325 e. The molecule has 0 atom stereocenters. The van der Waals surface area contributed by atoms with Gasteiger partial charge in [0.05, 0.1) is 12.1 Å². The normalized spacial score (nSPS) is 22.3. The predicted octanol–water partition coefficient (Wildman–Crippen LogP) is -0.650. The van der Waals surface area contributed by atoms with E-state index in [2.05, 4.69) is 10.6 Å². The molecule has 1 aliphatic heterocycles. The van der Waals surface area contributed by atoms with E-state index in [9.17, 15) is 19.5 Å². The quantitative estimate of drug-likeness (QED) is 0.591. The lowest BCUT2D eigenvalue weighted by Crippen LogP contribution is -2.47. The number of amides is 4. The second-order valence-corrected chi connectivity index (χ2v) is 5.20. The number of rotatable bonds is 4. The van der Waals surface area contributed by atoms with Crippen molar-refractivity contribution in [3.63, 3.8) is 0 Å². The van der Waals surface area contributed by atoms with E-state index in [4.69, 9.17) is 0 Å². The van der Waals surface area contributed by atoms with Gasteiger partial charge in [-0.1, -0.05) is 19.3 Å². The Morgan fingerprint density at radius 1 is 1.32 bits per heavy atom. The summed E-state index contributed by atoms with van der Waals surface area (Å²) >= 11 is 0. The van der Waals surface area contributed by atoms with Gasteiger partial charge in [0.15, 0.2) is 0 Å². The summed E-state index contributed by atoms with van der Waals surface area (Å²) in [6, 6.07) is -0.545. The molecule has 7 nitrogen and oxygen atoms in total. The highest BCUT2D eigenvalue weighted by Gasteiger charge is 2.32. The molecule has 2 rings (SSSR count). The van der Waals surface area contributed by atoms with Crippen molar-refractivity contribution in [3.8, 4) is 0 Å². The Labute approximate surface area is 111 Å². The van der Waals surface area contributed by atoms with Crippen LogP contribution in [0.5, 0.6) is 0 Å². The van der Waals surface area contributed by atoms with E-state index in [0.29, 0.717) is 12.8 Å². The van der Waals surface area contributed by atoms with Crippen LogP contribution in [0.15, 0.2) is 0 Å². The van der Waals surface area contributed by atoms with Crippen LogP contribution in [0.25, 0.3) is 0 Å². The zero-order valence-corrected chi connectivity index (χ0v) is 10.8. The van der Waals surface area contributed by atoms with Gasteiger partial charge in [-0.25, -0.2) is 4.79 Å². The molecule has 1 saturated carbocycles. The predicted molar refractivity (Wildman–Crippen MR) is 66.2 cm³/mol. The van der Waals surface area contributed by atoms with Crippen molar-refractivity contribution in [1.29, 1.82) is 0 Å². The molecule has 1 aliphatic carbocycles. The molecule has 0 aromatic rings. The Bertz CT molecular complexity index is 374. The summed E-state index contributed by atoms with van der Waals surface area (Å²) < 4.78 is 0. The maximum atomic E-state index is 11.7. The second-order valence-electron chi connectivity index (χ2n) is 5.20. The molecule has 7 heteroatoms. The summed E-state index contributed by atoms with van der Waals surface area (Å²) in [7, 11) is 0. The van der Waals surface area contributed by atoms with Crippen molar-refractivity contribution in [2.45, 2.75) is 37.7 Å². The van der Waals surface area contributed by atoms with Gasteiger partial charge in [-0.05, 0) is 12.8 Å². The average molecular weight is 269 g/mol. The van der Waals surface area contributed by atoms with Crippen LogP contribution >= 0.6 is 0 Å². The zero-order valence-electron chi connectivity index (χ0n) is 10.8. The van der Waals surface area contributed by atoms with Gasteiger partial charge in [-0.2, -0.15) is 0 Å². The number of nitrogens with one attached hydrogen (secondary N) is 2. The standard InChI is InChI=1S/C12H19N3O4/c16-9(7-15-10(17)6-13-11(15)18)14-8-12(19)4-2-1-3-5-12/h19H,1-8H2,(H,13,18)(H,14,16). The topological polar surface area (TPSA) is 98.7 Å². The maximum absolute atomic E-state index is 11.7. The van der Waals surface area contributed by atoms with Crippen LogP contribution < -0.4 is 10.6 Å². The third kappa shape index (κ3) is 3.44. The van der Waals surface area contributed by atoms with Gasteiger partial charge in [0, 0.05) is 6.54 Å². The van der Waals surface area contributed by atoms with Crippen LogP contribution in [0, 0.1) is 0 Å². The number of urea groups is 1. The Balaban J connectivity index is 1.78. The van der Waals surface area contributed by atoms with E-state index in [0.717, 1.165) is 24.2 Å². The zero-order chi connectivity index (χ0) is 13.9. The van der Waals surface area contributed by atoms with Gasteiger partial charge in [0.2, 0.25) is 5.91 Å². The van der Waals surface area contributed by atoms with Crippen molar-refractivity contribution in [3.05, 3.63) is 0 Å². The first kappa shape index (κ1) is 13.8. The summed E-state index contributed by atoms with van der Waals surface area (Å²) in [6.07, 6.45) is 4.38. The second kappa shape index (κ2) is 5.56. The van der Waals surface area contributed by atoms with Gasteiger partial charge in [0.25, 0.3) is 5.91 Å². The largest absolute Gasteiger partial charge is 0.388 e. The number of carbonyl (C=O) groups excluding carboxylic acids is 3. The molecule has 19 heavy (non-hydrogen) atoms. The monoisotopic (exact) mass is 269 g/mol. The molecule has 106 valence electrons. The average Bonchev–Trinajstić information content (AvgIpc) is 2.69. The Kier molecular flexibility index (Phi) is 4.04. The fourth-order valence-electron chi connectivity index (χ4n) is 2.46. The molecule has 1 saturated heterocycles. The first-order chi connectivity index (χ1) is 9.00. The van der Waals surface area contributed by atoms with Crippen LogP contribution in [0.1, 0.15) is 32.1 Å². The van der Waals surface area contributed by atoms with Crippen molar-refractivity contribution in [1.82, 2.24) is 15.5 Å². The van der Waals surface area contributed by atoms with E-state index < -0.39 is 23.4 Å². The Morgan fingerprint density at radius 2 is 2.00 bits per heavy atom. The van der Waals surface area contributed by atoms with E-state index in [1.165, 1.54) is 0 Å². The SMILES string of the molecule is O=C(CN1C(=O)CNC1=O)NCC1(O)CCCCC1. The molecule has 0 unspecified atom stereocenters. The minimum atomic E-state index is -0.842. The third-order valence-corrected chi connectivity index (χ3v) is 3.64. The number of aliphatic hydroxyl groups is 1. The fourth-order valence-corrected chi connectivity index (χ4v) is 2.46. The first-order valence-electron chi connectivity index (χ1n) is 6.57. The highest BCUT2D eigenvalue weighted by molar-refractivity contribution is 6.04. The molecular weight excluding hydrogens is 250 g/mol. The minimum absolute atomic E-state index is 0.0595. The summed E-state index contributed by atoms with van der Waals surface area (Å²) in [5, 5.41) is 15.2. The molecule has 0 radical (unpaired) electrons. The van der Waals surface area contributed by atoms with Crippen molar-refractivity contribution < 1.29 is 19.5 Å². The molecule has 1 heterocycles. The highest BCUT2D eigenvalue weighted by atomic mass is 16.3. The molecule has 2 aliphatic rings. The number of carbonyl (C=O) groups is 3. The Hall–Kier alpha value is -1.63. The van der Waals surface area contributed by atoms with Crippen molar-refractivity contribution in [2.75, 3.05) is 19.6 Å². The molecule has 0 bridgehead atoms. The minimum Gasteiger partial charge on any atom is -0.388 e. The highest BCUT2D eigenvalue weighted by Crippen LogP contribution is 2.27. The van der Waals surface area contributed by atoms with Crippen LogP contribution in [-0.4, -0.2) is 53.1 Å². The molecule has 2 fully saturated rings. The summed E-state index contributed by atoms with van der Waals surface area (Å²) in [4.78, 5) is 35.1. The molecule has 4 amide bonds. The van der Waals surface area contributed by atoms with Gasteiger partial charge in [0.1, 0.15) is 6.54 Å². The lowest BCUT2D eigenvalue weighted by atomic mass is 9.85. The van der Waals surface area contributed by atoms with E-state index >= 15 is 0 Å². The lowest BCUT2D eigenvalue weighted by Gasteiger charge is -2.32. The summed E-state index contributed by atoms with van der Waals surface area (Å²) in [5.74, 6) is -0.832. The van der Waals surface area contributed by atoms with E-state index in [-0.39, 0.29) is 19.6 Å². The Morgan fingerprint density at radius 3 is 2.58 bits per heavy atom. The maximum Gasteiger partial charge on any atom is 0.325 e. The van der Waals surface area contributed by atoms with Gasteiger partial charge >= 0.3 is 6.03 Å². The number of hydrogen-bond donors (Lipinski definition) is 3. The van der Waals surface area contributed by atoms with Gasteiger partial charge in [-0.3, -0.25) is 14.5 Å². The first-order valence-corrected chi connectivity index (χ1v) is 6.57. The molecular formula is C12H19N3O4. The number of nitrogens with zero attached hydrogens (tertiary/aromatic N) is 1. The van der Waals surface area contributed by atoms with Gasteiger partial charge in [-0.15, -0.1) is 0 Å². The van der Waals surface area contributed by atoms with E-state index in [1.807, 2.05) is 0 Å². The van der Waals surface area contributed by atoms with Crippen molar-refractivity contribution >= 4 is 17.8 Å². The third-order valence-electron chi connectivity index (χ3n) is 3.64. The van der Waals surface area contributed by atoms with Crippen molar-refractivity contribution in [2.24, 2.45) is 0 Å². The molecule has 0 aromatic carbocycles. The lowest BCUT2D eigenvalue weighted by molar-refractivity contribution is -0.131. The summed E-state index contributed by atoms with van der Waals surface area (Å²) in [5.41, 5.74) is -0.842. The van der Waals surface area contributed by atoms with Crippen LogP contribution in [0.3, 0.4) is 0 Å². The van der Waals surface area contributed by atoms with Crippen LogP contribution in [0.2, 0.25) is 0 Å².